The molecule has 0 aliphatic rings. The first-order valence-corrected chi connectivity index (χ1v) is 8.19. The average molecular weight is 293 g/mol. The van der Waals surface area contributed by atoms with Crippen LogP contribution in [0.1, 0.15) is 51.5 Å². The van der Waals surface area contributed by atoms with E-state index >= 15 is 0 Å². The van der Waals surface area contributed by atoms with Crippen molar-refractivity contribution < 1.29 is 9.47 Å². The van der Waals surface area contributed by atoms with E-state index in [1.54, 1.807) is 14.2 Å². The zero-order valence-electron chi connectivity index (χ0n) is 14.1. The fourth-order valence-corrected chi connectivity index (χ4v) is 2.67. The van der Waals surface area contributed by atoms with Gasteiger partial charge in [0.1, 0.15) is 0 Å². The van der Waals surface area contributed by atoms with Gasteiger partial charge in [-0.2, -0.15) is 0 Å². The van der Waals surface area contributed by atoms with Crippen molar-refractivity contribution in [3.63, 3.8) is 0 Å². The van der Waals surface area contributed by atoms with Crippen molar-refractivity contribution in [2.24, 2.45) is 0 Å². The van der Waals surface area contributed by atoms with Crippen molar-refractivity contribution in [2.75, 3.05) is 20.8 Å². The molecule has 0 bridgehead atoms. The Labute approximate surface area is 130 Å². The van der Waals surface area contributed by atoms with E-state index in [1.807, 2.05) is 6.07 Å². The third-order valence-corrected chi connectivity index (χ3v) is 3.83. The van der Waals surface area contributed by atoms with Crippen LogP contribution in [0, 0.1) is 0 Å². The average Bonchev–Trinajstić information content (AvgIpc) is 2.51. The standard InChI is InChI=1S/C18H31NO2/c1-5-7-8-9-10-16(19-6-2)13-15-11-12-17(20-3)18(14-15)21-4/h11-12,14,16,19H,5-10,13H2,1-4H3. The van der Waals surface area contributed by atoms with Crippen molar-refractivity contribution in [1.82, 2.24) is 5.32 Å². The summed E-state index contributed by atoms with van der Waals surface area (Å²) in [6, 6.07) is 6.77. The highest BCUT2D eigenvalue weighted by Crippen LogP contribution is 2.28. The summed E-state index contributed by atoms with van der Waals surface area (Å²) in [6.07, 6.45) is 7.56. The Kier molecular flexibility index (Phi) is 8.91. The summed E-state index contributed by atoms with van der Waals surface area (Å²) in [6.45, 7) is 5.45. The van der Waals surface area contributed by atoms with E-state index in [-0.39, 0.29) is 0 Å². The summed E-state index contributed by atoms with van der Waals surface area (Å²) >= 11 is 0. The van der Waals surface area contributed by atoms with E-state index < -0.39 is 0 Å². The first kappa shape index (κ1) is 17.8. The molecule has 0 fully saturated rings. The van der Waals surface area contributed by atoms with Gasteiger partial charge in [-0.05, 0) is 37.1 Å². The van der Waals surface area contributed by atoms with E-state index in [0.717, 1.165) is 24.5 Å². The van der Waals surface area contributed by atoms with E-state index in [0.29, 0.717) is 6.04 Å². The molecule has 0 aliphatic heterocycles. The number of benzene rings is 1. The lowest BCUT2D eigenvalue weighted by molar-refractivity contribution is 0.354. The van der Waals surface area contributed by atoms with Crippen molar-refractivity contribution in [2.45, 2.75) is 58.4 Å². The SMILES string of the molecule is CCCCCCC(Cc1ccc(OC)c(OC)c1)NCC. The van der Waals surface area contributed by atoms with Crippen LogP contribution in [0.5, 0.6) is 11.5 Å². The smallest absolute Gasteiger partial charge is 0.160 e. The van der Waals surface area contributed by atoms with Crippen molar-refractivity contribution >= 4 is 0 Å². The minimum atomic E-state index is 0.546. The van der Waals surface area contributed by atoms with Gasteiger partial charge in [0.2, 0.25) is 0 Å². The molecule has 21 heavy (non-hydrogen) atoms. The van der Waals surface area contributed by atoms with Crippen LogP contribution in [-0.2, 0) is 6.42 Å². The largest absolute Gasteiger partial charge is 0.493 e. The van der Waals surface area contributed by atoms with Crippen LogP contribution in [0.4, 0.5) is 0 Å². The second-order valence-corrected chi connectivity index (χ2v) is 5.50. The fourth-order valence-electron chi connectivity index (χ4n) is 2.67. The summed E-state index contributed by atoms with van der Waals surface area (Å²) in [5.41, 5.74) is 1.30. The van der Waals surface area contributed by atoms with Crippen LogP contribution in [0.3, 0.4) is 0 Å². The van der Waals surface area contributed by atoms with Crippen LogP contribution in [0.15, 0.2) is 18.2 Å². The topological polar surface area (TPSA) is 30.5 Å². The van der Waals surface area contributed by atoms with Crippen molar-refractivity contribution in [3.05, 3.63) is 23.8 Å². The van der Waals surface area contributed by atoms with Gasteiger partial charge in [0.15, 0.2) is 11.5 Å². The molecule has 0 saturated heterocycles. The third-order valence-electron chi connectivity index (χ3n) is 3.83. The molecule has 0 amide bonds. The maximum absolute atomic E-state index is 5.39. The second-order valence-electron chi connectivity index (χ2n) is 5.50. The van der Waals surface area contributed by atoms with Crippen LogP contribution in [0.2, 0.25) is 0 Å². The predicted molar refractivity (Wildman–Crippen MR) is 89.5 cm³/mol. The molecule has 1 aromatic carbocycles. The lowest BCUT2D eigenvalue weighted by Gasteiger charge is -2.19. The summed E-state index contributed by atoms with van der Waals surface area (Å²) in [7, 11) is 3.36. The molecule has 0 spiro atoms. The molecule has 1 aromatic rings. The van der Waals surface area contributed by atoms with Gasteiger partial charge >= 0.3 is 0 Å². The molecule has 0 saturated carbocycles. The van der Waals surface area contributed by atoms with Gasteiger partial charge in [-0.25, -0.2) is 0 Å². The van der Waals surface area contributed by atoms with Gasteiger partial charge in [0.05, 0.1) is 14.2 Å². The number of rotatable bonds is 11. The molecule has 120 valence electrons. The molecule has 0 radical (unpaired) electrons. The molecule has 3 heteroatoms. The molecule has 1 atom stereocenters. The Balaban J connectivity index is 2.60. The minimum Gasteiger partial charge on any atom is -0.493 e. The van der Waals surface area contributed by atoms with Crippen LogP contribution < -0.4 is 14.8 Å². The Morgan fingerprint density at radius 3 is 2.38 bits per heavy atom. The lowest BCUT2D eigenvalue weighted by atomic mass is 9.99. The van der Waals surface area contributed by atoms with E-state index in [2.05, 4.69) is 31.3 Å². The zero-order chi connectivity index (χ0) is 15.5. The molecule has 1 rings (SSSR count). The number of ether oxygens (including phenoxy) is 2. The zero-order valence-corrected chi connectivity index (χ0v) is 14.1. The van der Waals surface area contributed by atoms with Crippen molar-refractivity contribution in [1.29, 1.82) is 0 Å². The summed E-state index contributed by atoms with van der Waals surface area (Å²) < 4.78 is 10.7. The maximum atomic E-state index is 5.39. The first-order valence-electron chi connectivity index (χ1n) is 8.19. The summed E-state index contributed by atoms with van der Waals surface area (Å²) in [5, 5.41) is 3.60. The molecule has 0 aromatic heterocycles. The molecule has 1 unspecified atom stereocenters. The summed E-state index contributed by atoms with van der Waals surface area (Å²) in [5.74, 6) is 1.61. The molecule has 0 aliphatic carbocycles. The third kappa shape index (κ3) is 6.38. The number of likely N-dealkylation sites (N-methyl/N-ethyl adjacent to an activating group) is 1. The normalized spacial score (nSPS) is 12.2. The van der Waals surface area contributed by atoms with E-state index in [1.165, 1.54) is 37.7 Å². The number of methoxy groups -OCH3 is 2. The Bertz CT molecular complexity index is 393. The highest BCUT2D eigenvalue weighted by atomic mass is 16.5. The maximum Gasteiger partial charge on any atom is 0.160 e. The number of nitrogens with one attached hydrogen (secondary N) is 1. The van der Waals surface area contributed by atoms with E-state index in [9.17, 15) is 0 Å². The summed E-state index contributed by atoms with van der Waals surface area (Å²) in [4.78, 5) is 0. The van der Waals surface area contributed by atoms with Gasteiger partial charge in [-0.3, -0.25) is 0 Å². The Morgan fingerprint density at radius 2 is 1.76 bits per heavy atom. The van der Waals surface area contributed by atoms with Gasteiger partial charge in [-0.1, -0.05) is 45.6 Å². The van der Waals surface area contributed by atoms with Crippen molar-refractivity contribution in [3.8, 4) is 11.5 Å². The van der Waals surface area contributed by atoms with Crippen LogP contribution in [-0.4, -0.2) is 26.8 Å². The highest BCUT2D eigenvalue weighted by Gasteiger charge is 2.11. The fraction of sp³-hybridized carbons (Fsp3) is 0.667. The molecule has 3 nitrogen and oxygen atoms in total. The van der Waals surface area contributed by atoms with Gasteiger partial charge < -0.3 is 14.8 Å². The Hall–Kier alpha value is -1.22. The quantitative estimate of drug-likeness (QED) is 0.620. The van der Waals surface area contributed by atoms with Gasteiger partial charge in [0.25, 0.3) is 0 Å². The minimum absolute atomic E-state index is 0.546. The lowest BCUT2D eigenvalue weighted by Crippen LogP contribution is -2.30. The number of hydrogen-bond acceptors (Lipinski definition) is 3. The van der Waals surface area contributed by atoms with Crippen LogP contribution >= 0.6 is 0 Å². The van der Waals surface area contributed by atoms with Gasteiger partial charge in [0, 0.05) is 6.04 Å². The second kappa shape index (κ2) is 10.5. The monoisotopic (exact) mass is 293 g/mol. The predicted octanol–water partition coefficient (Wildman–Crippen LogP) is 4.19. The van der Waals surface area contributed by atoms with Gasteiger partial charge in [-0.15, -0.1) is 0 Å². The Morgan fingerprint density at radius 1 is 1.00 bits per heavy atom. The first-order chi connectivity index (χ1) is 10.2. The number of unbranched alkanes of at least 4 members (excludes halogenated alkanes) is 3. The molecule has 1 N–H and O–H groups in total. The van der Waals surface area contributed by atoms with E-state index in [4.69, 9.17) is 9.47 Å². The molecular formula is C18H31NO2. The van der Waals surface area contributed by atoms with Crippen LogP contribution in [0.25, 0.3) is 0 Å². The number of hydrogen-bond donors (Lipinski definition) is 1. The highest BCUT2D eigenvalue weighted by molar-refractivity contribution is 5.43. The molecule has 0 heterocycles. The molecular weight excluding hydrogens is 262 g/mol.